The summed E-state index contributed by atoms with van der Waals surface area (Å²) < 4.78 is 5.42. The molecule has 3 nitrogen and oxygen atoms in total. The van der Waals surface area contributed by atoms with Crippen LogP contribution in [0.2, 0.25) is 0 Å². The second-order valence-corrected chi connectivity index (χ2v) is 14.3. The van der Waals surface area contributed by atoms with Crippen LogP contribution in [-0.4, -0.2) is 55.3 Å². The van der Waals surface area contributed by atoms with Crippen LogP contribution in [0.3, 0.4) is 0 Å². The van der Waals surface area contributed by atoms with E-state index in [1.165, 1.54) is 0 Å². The average molecular weight is 352 g/mol. The van der Waals surface area contributed by atoms with Gasteiger partial charge in [-0.3, -0.25) is 0 Å². The molecule has 1 fully saturated rings. The van der Waals surface area contributed by atoms with Gasteiger partial charge in [0.2, 0.25) is 0 Å². The van der Waals surface area contributed by atoms with E-state index in [4.69, 9.17) is 16.0 Å². The van der Waals surface area contributed by atoms with Gasteiger partial charge in [0.1, 0.15) is 0 Å². The summed E-state index contributed by atoms with van der Waals surface area (Å²) in [5.74, 6) is -2.84. The molecule has 1 aliphatic rings. The summed E-state index contributed by atoms with van der Waals surface area (Å²) in [5.41, 5.74) is 0.298. The van der Waals surface area contributed by atoms with Gasteiger partial charge in [-0.15, -0.1) is 0 Å². The molecule has 0 atom stereocenters. The van der Waals surface area contributed by atoms with Gasteiger partial charge >= 0.3 is 141 Å². The van der Waals surface area contributed by atoms with E-state index in [-0.39, 0.29) is 0 Å². The van der Waals surface area contributed by atoms with Crippen molar-refractivity contribution in [1.29, 1.82) is 0 Å². The number of morpholine rings is 1. The van der Waals surface area contributed by atoms with Crippen LogP contribution in [0.5, 0.6) is 0 Å². The van der Waals surface area contributed by atoms with E-state index < -0.39 is 5.96 Å². The number of unbranched alkanes of at least 4 members (excludes halogenated alkanes) is 3. The van der Waals surface area contributed by atoms with Gasteiger partial charge in [-0.25, -0.2) is 0 Å². The van der Waals surface area contributed by atoms with E-state index >= 15 is 0 Å². The summed E-state index contributed by atoms with van der Waals surface area (Å²) in [4.78, 5) is 15.5. The zero-order valence-corrected chi connectivity index (χ0v) is 16.4. The number of nitrogens with zero attached hydrogens (tertiary/aromatic N) is 1. The quantitative estimate of drug-likeness (QED) is 0.483. The molecule has 0 aromatic heterocycles. The molecule has 0 aliphatic carbocycles. The van der Waals surface area contributed by atoms with Crippen LogP contribution in [0.15, 0.2) is 0 Å². The van der Waals surface area contributed by atoms with Crippen molar-refractivity contribution in [3.05, 3.63) is 0 Å². The molecule has 0 N–H and O–H groups in total. The van der Waals surface area contributed by atoms with Gasteiger partial charge in [0.25, 0.3) is 0 Å². The van der Waals surface area contributed by atoms with Crippen LogP contribution in [0.4, 0.5) is 4.79 Å². The van der Waals surface area contributed by atoms with E-state index in [2.05, 4.69) is 20.8 Å². The van der Waals surface area contributed by atoms with Crippen LogP contribution in [0, 0.1) is 0 Å². The Labute approximate surface area is 141 Å². The van der Waals surface area contributed by atoms with Crippen LogP contribution in [0.25, 0.3) is 0 Å². The number of carbonyl (C=O) groups excluding carboxylic acids is 1. The van der Waals surface area contributed by atoms with E-state index in [9.17, 15) is 4.79 Å². The molecule has 0 aromatic rings. The predicted octanol–water partition coefficient (Wildman–Crippen LogP) is 5.55. The summed E-state index contributed by atoms with van der Waals surface area (Å²) in [6.45, 7) is 9.32. The number of ether oxygens (including phenoxy) is 1. The number of rotatable bonds is 10. The molecule has 1 aliphatic heterocycles. The fourth-order valence-electron chi connectivity index (χ4n) is 3.29. The van der Waals surface area contributed by atoms with Crippen LogP contribution in [-0.2, 0) is 4.74 Å². The maximum absolute atomic E-state index is 13.5. The van der Waals surface area contributed by atoms with Crippen LogP contribution >= 0.6 is 17.2 Å². The molecule has 5 heteroatoms. The Hall–Kier alpha value is 0.150. The van der Waals surface area contributed by atoms with E-state index in [1.54, 1.807) is 0 Å². The third-order valence-electron chi connectivity index (χ3n) is 4.83. The first kappa shape index (κ1) is 20.2. The normalized spacial score (nSPS) is 18.0. The predicted molar refractivity (Wildman–Crippen MR) is 99.9 cm³/mol. The Balaban J connectivity index is 3.04. The molecule has 0 saturated carbocycles. The molecule has 0 aromatic carbocycles. The molecular formula is C17H35ClNO2P. The molecule has 22 heavy (non-hydrogen) atoms. The molecule has 0 bridgehead atoms. The van der Waals surface area contributed by atoms with E-state index in [0.717, 1.165) is 57.0 Å². The Morgan fingerprint density at radius 2 is 1.36 bits per heavy atom. The molecule has 0 spiro atoms. The van der Waals surface area contributed by atoms with Gasteiger partial charge in [-0.1, -0.05) is 0 Å². The molecule has 0 unspecified atom stereocenters. The Bertz CT molecular complexity index is 321. The first-order chi connectivity index (χ1) is 10.5. The van der Waals surface area contributed by atoms with E-state index in [1.807, 2.05) is 4.90 Å². The van der Waals surface area contributed by atoms with Crippen molar-refractivity contribution in [3.8, 4) is 0 Å². The van der Waals surface area contributed by atoms with Gasteiger partial charge in [-0.2, -0.15) is 0 Å². The molecule has 1 heterocycles. The maximum atomic E-state index is 13.5. The second kappa shape index (κ2) is 9.45. The summed E-state index contributed by atoms with van der Waals surface area (Å²) in [7, 11) is 0. The summed E-state index contributed by atoms with van der Waals surface area (Å²) in [6, 6.07) is 0. The first-order valence-corrected chi connectivity index (χ1v) is 12.8. The fourth-order valence-corrected chi connectivity index (χ4v) is 9.96. The van der Waals surface area contributed by atoms with E-state index in [0.29, 0.717) is 32.0 Å². The molecular weight excluding hydrogens is 317 g/mol. The van der Waals surface area contributed by atoms with Crippen molar-refractivity contribution < 1.29 is 9.53 Å². The van der Waals surface area contributed by atoms with Crippen molar-refractivity contribution in [2.45, 2.75) is 59.3 Å². The Morgan fingerprint density at radius 3 is 1.73 bits per heavy atom. The molecule has 0 radical (unpaired) electrons. The third kappa shape index (κ3) is 5.08. The van der Waals surface area contributed by atoms with Crippen molar-refractivity contribution in [3.63, 3.8) is 0 Å². The third-order valence-corrected chi connectivity index (χ3v) is 12.1. The Morgan fingerprint density at radius 1 is 0.955 bits per heavy atom. The van der Waals surface area contributed by atoms with Crippen molar-refractivity contribution >= 4 is 22.8 Å². The number of hydrogen-bond acceptors (Lipinski definition) is 2. The van der Waals surface area contributed by atoms with Gasteiger partial charge in [0, 0.05) is 0 Å². The SMILES string of the molecule is CCCCP(Cl)(CCCC)(CCCC)C(=O)N1CCOCC1. The van der Waals surface area contributed by atoms with Gasteiger partial charge in [0.05, 0.1) is 0 Å². The molecule has 1 saturated heterocycles. The zero-order valence-electron chi connectivity index (χ0n) is 14.8. The van der Waals surface area contributed by atoms with Gasteiger partial charge in [-0.05, 0) is 0 Å². The summed E-state index contributed by atoms with van der Waals surface area (Å²) in [5, 5.41) is 0. The monoisotopic (exact) mass is 351 g/mol. The standard InChI is InChI=1S/C17H35ClNO2P/c1-4-7-14-22(18,15-8-5-2,16-9-6-3)17(20)19-10-12-21-13-11-19/h4-16H2,1-3H3. The van der Waals surface area contributed by atoms with Gasteiger partial charge in [0.15, 0.2) is 0 Å². The summed E-state index contributed by atoms with van der Waals surface area (Å²) >= 11 is 7.42. The Kier molecular flexibility index (Phi) is 8.67. The number of carbonyl (C=O) groups is 1. The molecule has 132 valence electrons. The van der Waals surface area contributed by atoms with Gasteiger partial charge < -0.3 is 0 Å². The van der Waals surface area contributed by atoms with Crippen LogP contribution in [0.1, 0.15) is 59.3 Å². The molecule has 1 rings (SSSR count). The minimum atomic E-state index is -2.84. The first-order valence-electron chi connectivity index (χ1n) is 9.10. The fraction of sp³-hybridized carbons (Fsp3) is 0.941. The number of halogens is 1. The van der Waals surface area contributed by atoms with Crippen molar-refractivity contribution in [2.75, 3.05) is 44.8 Å². The van der Waals surface area contributed by atoms with Crippen molar-refractivity contribution in [2.24, 2.45) is 0 Å². The number of amides is 1. The zero-order chi connectivity index (χ0) is 16.5. The minimum absolute atomic E-state index is 0.298. The second-order valence-electron chi connectivity index (χ2n) is 6.70. The van der Waals surface area contributed by atoms with Crippen molar-refractivity contribution in [1.82, 2.24) is 4.90 Å². The average Bonchev–Trinajstić information content (AvgIpc) is 2.57. The van der Waals surface area contributed by atoms with Crippen LogP contribution < -0.4 is 0 Å². The number of hydrogen-bond donors (Lipinski definition) is 0. The molecule has 1 amide bonds. The topological polar surface area (TPSA) is 29.5 Å². The summed E-state index contributed by atoms with van der Waals surface area (Å²) in [6.07, 6.45) is 9.35.